The molecule has 0 spiro atoms. The molecule has 0 radical (unpaired) electrons. The van der Waals surface area contributed by atoms with Gasteiger partial charge in [-0.3, -0.25) is 9.88 Å². The van der Waals surface area contributed by atoms with E-state index in [0.29, 0.717) is 18.9 Å². The molecule has 2 rings (SSSR count). The number of nitrogens with zero attached hydrogens (tertiary/aromatic N) is 2. The summed E-state index contributed by atoms with van der Waals surface area (Å²) in [5.41, 5.74) is -0.697. The smallest absolute Gasteiger partial charge is 0.407 e. The summed E-state index contributed by atoms with van der Waals surface area (Å²) in [6.07, 6.45) is 4.24. The van der Waals surface area contributed by atoms with E-state index in [9.17, 15) is 9.90 Å². The molecular formula is C15H21IN2O3. The van der Waals surface area contributed by atoms with Gasteiger partial charge in [-0.15, -0.1) is 0 Å². The van der Waals surface area contributed by atoms with Gasteiger partial charge in [-0.1, -0.05) is 20.8 Å². The van der Waals surface area contributed by atoms with Crippen molar-refractivity contribution in [3.8, 4) is 5.75 Å². The van der Waals surface area contributed by atoms with E-state index in [1.54, 1.807) is 17.3 Å². The van der Waals surface area contributed by atoms with Crippen molar-refractivity contribution in [2.75, 3.05) is 13.2 Å². The number of amides is 1. The highest BCUT2D eigenvalue weighted by Crippen LogP contribution is 2.44. The molecule has 0 saturated carbocycles. The molecule has 5 nitrogen and oxygen atoms in total. The Bertz CT molecular complexity index is 530. The standard InChI is InChI=1S/C15H21IN2O3/c1-14(2,3)15(5-4-6-18(15)13(19)20)10-21-12-7-11(16)8-17-9-12/h7-9H,4-6,10H2,1-3H3,(H,19,20). The predicted octanol–water partition coefficient (Wildman–Crippen LogP) is 3.62. The number of ether oxygens (including phenoxy) is 1. The van der Waals surface area contributed by atoms with E-state index >= 15 is 0 Å². The largest absolute Gasteiger partial charge is 0.489 e. The van der Waals surface area contributed by atoms with E-state index in [1.807, 2.05) is 6.07 Å². The van der Waals surface area contributed by atoms with Gasteiger partial charge in [0.2, 0.25) is 0 Å². The predicted molar refractivity (Wildman–Crippen MR) is 88.6 cm³/mol. The normalized spacial score (nSPS) is 22.4. The van der Waals surface area contributed by atoms with E-state index in [0.717, 1.165) is 16.4 Å². The van der Waals surface area contributed by atoms with Gasteiger partial charge in [0.05, 0.1) is 11.7 Å². The third kappa shape index (κ3) is 3.25. The maximum Gasteiger partial charge on any atom is 0.407 e. The second-order valence-electron chi connectivity index (χ2n) is 6.45. The minimum absolute atomic E-state index is 0.197. The maximum absolute atomic E-state index is 11.6. The van der Waals surface area contributed by atoms with Crippen molar-refractivity contribution in [2.24, 2.45) is 5.41 Å². The van der Waals surface area contributed by atoms with Crippen molar-refractivity contribution in [1.82, 2.24) is 9.88 Å². The summed E-state index contributed by atoms with van der Waals surface area (Å²) in [6.45, 7) is 7.14. The molecule has 1 N–H and O–H groups in total. The van der Waals surface area contributed by atoms with E-state index in [-0.39, 0.29) is 5.41 Å². The topological polar surface area (TPSA) is 62.7 Å². The van der Waals surface area contributed by atoms with Gasteiger partial charge in [0.1, 0.15) is 12.4 Å². The zero-order valence-electron chi connectivity index (χ0n) is 12.6. The fourth-order valence-electron chi connectivity index (χ4n) is 2.98. The number of likely N-dealkylation sites (tertiary alicyclic amines) is 1. The second kappa shape index (κ2) is 5.98. The second-order valence-corrected chi connectivity index (χ2v) is 7.69. The molecule has 116 valence electrons. The zero-order chi connectivity index (χ0) is 15.7. The molecule has 1 atom stereocenters. The summed E-state index contributed by atoms with van der Waals surface area (Å²) in [7, 11) is 0. The van der Waals surface area contributed by atoms with E-state index in [2.05, 4.69) is 48.3 Å². The molecule has 2 heterocycles. The van der Waals surface area contributed by atoms with Crippen LogP contribution >= 0.6 is 22.6 Å². The van der Waals surface area contributed by atoms with Crippen LogP contribution in [0, 0.1) is 8.99 Å². The molecule has 1 amide bonds. The fourth-order valence-corrected chi connectivity index (χ4v) is 3.45. The quantitative estimate of drug-likeness (QED) is 0.782. The van der Waals surface area contributed by atoms with E-state index in [1.165, 1.54) is 0 Å². The molecule has 1 saturated heterocycles. The third-order valence-electron chi connectivity index (χ3n) is 4.27. The average Bonchev–Trinajstić information content (AvgIpc) is 2.81. The molecule has 1 unspecified atom stereocenters. The Balaban J connectivity index is 2.24. The minimum Gasteiger partial charge on any atom is -0.489 e. The van der Waals surface area contributed by atoms with Crippen molar-refractivity contribution >= 4 is 28.7 Å². The van der Waals surface area contributed by atoms with Gasteiger partial charge in [-0.2, -0.15) is 0 Å². The Morgan fingerprint density at radius 1 is 1.52 bits per heavy atom. The molecule has 1 aliphatic heterocycles. The van der Waals surface area contributed by atoms with E-state index in [4.69, 9.17) is 4.74 Å². The first-order valence-corrected chi connectivity index (χ1v) is 8.08. The van der Waals surface area contributed by atoms with Crippen LogP contribution in [0.5, 0.6) is 5.75 Å². The summed E-state index contributed by atoms with van der Waals surface area (Å²) in [5.74, 6) is 0.683. The first-order chi connectivity index (χ1) is 9.76. The lowest BCUT2D eigenvalue weighted by molar-refractivity contribution is -0.00377. The van der Waals surface area contributed by atoms with Crippen LogP contribution < -0.4 is 4.74 Å². The van der Waals surface area contributed by atoms with Crippen molar-refractivity contribution in [3.05, 3.63) is 22.0 Å². The van der Waals surface area contributed by atoms with Gasteiger partial charge in [0.25, 0.3) is 0 Å². The molecular weight excluding hydrogens is 383 g/mol. The lowest BCUT2D eigenvalue weighted by atomic mass is 9.72. The average molecular weight is 404 g/mol. The number of carboxylic acid groups (broad SMARTS) is 1. The van der Waals surface area contributed by atoms with Crippen LogP contribution in [0.4, 0.5) is 4.79 Å². The molecule has 1 aromatic rings. The SMILES string of the molecule is CC(C)(C)C1(COc2cncc(I)c2)CCCN1C(=O)O. The van der Waals surface area contributed by atoms with Crippen LogP contribution in [0.25, 0.3) is 0 Å². The lowest BCUT2D eigenvalue weighted by Crippen LogP contribution is -2.58. The third-order valence-corrected chi connectivity index (χ3v) is 4.86. The first-order valence-electron chi connectivity index (χ1n) is 7.00. The summed E-state index contributed by atoms with van der Waals surface area (Å²) >= 11 is 2.18. The van der Waals surface area contributed by atoms with Crippen LogP contribution in [0.3, 0.4) is 0 Å². The van der Waals surface area contributed by atoms with Gasteiger partial charge >= 0.3 is 6.09 Å². The Labute approximate surface area is 138 Å². The first kappa shape index (κ1) is 16.3. The highest BCUT2D eigenvalue weighted by Gasteiger charge is 2.52. The number of hydrogen-bond donors (Lipinski definition) is 1. The van der Waals surface area contributed by atoms with Crippen molar-refractivity contribution in [2.45, 2.75) is 39.2 Å². The Morgan fingerprint density at radius 3 is 2.81 bits per heavy atom. The van der Waals surface area contributed by atoms with Gasteiger partial charge in [0.15, 0.2) is 0 Å². The van der Waals surface area contributed by atoms with Crippen molar-refractivity contribution in [1.29, 1.82) is 0 Å². The maximum atomic E-state index is 11.6. The Kier molecular flexibility index (Phi) is 4.65. The molecule has 0 aliphatic carbocycles. The molecule has 0 aromatic carbocycles. The molecule has 1 aliphatic rings. The monoisotopic (exact) mass is 404 g/mol. The highest BCUT2D eigenvalue weighted by atomic mass is 127. The Morgan fingerprint density at radius 2 is 2.24 bits per heavy atom. The summed E-state index contributed by atoms with van der Waals surface area (Å²) in [6, 6.07) is 1.91. The number of halogens is 1. The van der Waals surface area contributed by atoms with Crippen LogP contribution in [0.1, 0.15) is 33.6 Å². The number of rotatable bonds is 3. The number of aromatic nitrogens is 1. The lowest BCUT2D eigenvalue weighted by Gasteiger charge is -2.46. The van der Waals surface area contributed by atoms with Crippen LogP contribution in [-0.2, 0) is 0 Å². The van der Waals surface area contributed by atoms with Gasteiger partial charge in [-0.25, -0.2) is 4.79 Å². The zero-order valence-corrected chi connectivity index (χ0v) is 14.8. The van der Waals surface area contributed by atoms with Gasteiger partial charge in [0, 0.05) is 16.3 Å². The Hall–Kier alpha value is -1.05. The van der Waals surface area contributed by atoms with Crippen LogP contribution in [0.2, 0.25) is 0 Å². The van der Waals surface area contributed by atoms with Crippen molar-refractivity contribution in [3.63, 3.8) is 0 Å². The molecule has 6 heteroatoms. The minimum atomic E-state index is -0.869. The van der Waals surface area contributed by atoms with Crippen molar-refractivity contribution < 1.29 is 14.6 Å². The summed E-state index contributed by atoms with van der Waals surface area (Å²) in [4.78, 5) is 17.2. The van der Waals surface area contributed by atoms with E-state index < -0.39 is 11.6 Å². The summed E-state index contributed by atoms with van der Waals surface area (Å²) < 4.78 is 6.91. The van der Waals surface area contributed by atoms with Gasteiger partial charge in [-0.05, 0) is 46.9 Å². The number of pyridine rings is 1. The number of carbonyl (C=O) groups is 1. The molecule has 1 aromatic heterocycles. The fraction of sp³-hybridized carbons (Fsp3) is 0.600. The van der Waals surface area contributed by atoms with Crippen LogP contribution in [0.15, 0.2) is 18.5 Å². The van der Waals surface area contributed by atoms with Gasteiger partial charge < -0.3 is 9.84 Å². The van der Waals surface area contributed by atoms with Crippen LogP contribution in [-0.4, -0.2) is 39.8 Å². The molecule has 21 heavy (non-hydrogen) atoms. The molecule has 1 fully saturated rings. The highest BCUT2D eigenvalue weighted by molar-refractivity contribution is 14.1. The molecule has 0 bridgehead atoms. The summed E-state index contributed by atoms with van der Waals surface area (Å²) in [5, 5.41) is 9.51. The number of hydrogen-bond acceptors (Lipinski definition) is 3.